The van der Waals surface area contributed by atoms with Gasteiger partial charge in [0.25, 0.3) is 0 Å². The van der Waals surface area contributed by atoms with E-state index in [2.05, 4.69) is 20.2 Å². The number of nitrogens with zero attached hydrogens (tertiary/aromatic N) is 4. The number of fused-ring (bicyclic) bond motifs is 1. The number of aromatic nitrogens is 3. The maximum atomic E-state index is 13.5. The molecule has 174 valence electrons. The standard InChI is InChI=1S/C25H25FN6O2/c1-33-21-10-5-16(13-22(21)34-2)18-8-9-19-23(29-18)24(31-25(27)30-19)32-12-11-28-14-20(32)15-3-6-17(26)7-4-15/h3-10,13,20,28H,11-12,14H2,1-2H3,(H2,27,30,31). The number of hydrogen-bond acceptors (Lipinski definition) is 8. The lowest BCUT2D eigenvalue weighted by Crippen LogP contribution is -2.46. The number of anilines is 2. The van der Waals surface area contributed by atoms with Crippen molar-refractivity contribution in [1.29, 1.82) is 0 Å². The van der Waals surface area contributed by atoms with Gasteiger partial charge in [-0.15, -0.1) is 0 Å². The van der Waals surface area contributed by atoms with Gasteiger partial charge in [0.15, 0.2) is 17.3 Å². The third-order valence-electron chi connectivity index (χ3n) is 5.99. The number of pyridine rings is 1. The van der Waals surface area contributed by atoms with Gasteiger partial charge >= 0.3 is 0 Å². The molecule has 0 bridgehead atoms. The van der Waals surface area contributed by atoms with Gasteiger partial charge in [-0.1, -0.05) is 12.1 Å². The monoisotopic (exact) mass is 460 g/mol. The average molecular weight is 461 g/mol. The van der Waals surface area contributed by atoms with Gasteiger partial charge in [-0.2, -0.15) is 4.98 Å². The summed E-state index contributed by atoms with van der Waals surface area (Å²) in [4.78, 5) is 16.1. The molecule has 3 heterocycles. The van der Waals surface area contributed by atoms with Crippen LogP contribution in [-0.4, -0.2) is 48.8 Å². The summed E-state index contributed by atoms with van der Waals surface area (Å²) in [6, 6.07) is 15.9. The third-order valence-corrected chi connectivity index (χ3v) is 5.99. The molecule has 8 nitrogen and oxygen atoms in total. The Kier molecular flexibility index (Phi) is 5.85. The molecule has 9 heteroatoms. The number of methoxy groups -OCH3 is 2. The molecule has 34 heavy (non-hydrogen) atoms. The minimum absolute atomic E-state index is 0.0570. The highest BCUT2D eigenvalue weighted by molar-refractivity contribution is 5.89. The molecule has 1 fully saturated rings. The molecule has 1 saturated heterocycles. The molecule has 1 atom stereocenters. The summed E-state index contributed by atoms with van der Waals surface area (Å²) in [7, 11) is 3.20. The molecule has 2 aromatic carbocycles. The molecule has 1 unspecified atom stereocenters. The summed E-state index contributed by atoms with van der Waals surface area (Å²) in [5, 5.41) is 3.41. The van der Waals surface area contributed by atoms with Crippen LogP contribution in [0.5, 0.6) is 11.5 Å². The fourth-order valence-corrected chi connectivity index (χ4v) is 4.31. The number of benzene rings is 2. The molecule has 1 aliphatic heterocycles. The highest BCUT2D eigenvalue weighted by Gasteiger charge is 2.28. The van der Waals surface area contributed by atoms with Crippen LogP contribution in [0.3, 0.4) is 0 Å². The van der Waals surface area contributed by atoms with Gasteiger partial charge in [0, 0.05) is 25.2 Å². The summed E-state index contributed by atoms with van der Waals surface area (Å²) in [5.74, 6) is 1.83. The highest BCUT2D eigenvalue weighted by Crippen LogP contribution is 2.35. The van der Waals surface area contributed by atoms with E-state index in [1.807, 2.05) is 30.3 Å². The fraction of sp³-hybridized carbons (Fsp3) is 0.240. The first-order valence-corrected chi connectivity index (χ1v) is 11.0. The molecule has 2 aromatic heterocycles. The minimum atomic E-state index is -0.267. The fourth-order valence-electron chi connectivity index (χ4n) is 4.31. The van der Waals surface area contributed by atoms with E-state index in [9.17, 15) is 4.39 Å². The van der Waals surface area contributed by atoms with Crippen LogP contribution >= 0.6 is 0 Å². The molecule has 1 aliphatic rings. The van der Waals surface area contributed by atoms with Crippen molar-refractivity contribution in [1.82, 2.24) is 20.3 Å². The number of nitrogens with one attached hydrogen (secondary N) is 1. The lowest BCUT2D eigenvalue weighted by atomic mass is 10.0. The Hall–Kier alpha value is -3.98. The normalized spacial score (nSPS) is 16.0. The maximum Gasteiger partial charge on any atom is 0.222 e. The van der Waals surface area contributed by atoms with Crippen molar-refractivity contribution in [2.75, 3.05) is 44.5 Å². The smallest absolute Gasteiger partial charge is 0.222 e. The van der Waals surface area contributed by atoms with E-state index in [1.54, 1.807) is 26.4 Å². The number of nitrogens with two attached hydrogens (primary N) is 1. The summed E-state index contributed by atoms with van der Waals surface area (Å²) in [6.07, 6.45) is 0. The number of ether oxygens (including phenoxy) is 2. The van der Waals surface area contributed by atoms with E-state index in [0.29, 0.717) is 41.4 Å². The Labute approximate surface area is 196 Å². The molecule has 0 spiro atoms. The van der Waals surface area contributed by atoms with Crippen molar-refractivity contribution in [2.24, 2.45) is 0 Å². The highest BCUT2D eigenvalue weighted by atomic mass is 19.1. The van der Waals surface area contributed by atoms with Crippen molar-refractivity contribution >= 4 is 22.8 Å². The summed E-state index contributed by atoms with van der Waals surface area (Å²) < 4.78 is 24.4. The number of piperazine rings is 1. The Bertz CT molecular complexity index is 1330. The van der Waals surface area contributed by atoms with Crippen molar-refractivity contribution in [3.05, 3.63) is 66.0 Å². The van der Waals surface area contributed by atoms with E-state index >= 15 is 0 Å². The van der Waals surface area contributed by atoms with Crippen LogP contribution in [-0.2, 0) is 0 Å². The van der Waals surface area contributed by atoms with Gasteiger partial charge in [0.1, 0.15) is 11.3 Å². The third kappa shape index (κ3) is 4.06. The topological polar surface area (TPSA) is 98.4 Å². The van der Waals surface area contributed by atoms with E-state index in [1.165, 1.54) is 12.1 Å². The van der Waals surface area contributed by atoms with Crippen LogP contribution in [0, 0.1) is 5.82 Å². The summed E-state index contributed by atoms with van der Waals surface area (Å²) in [6.45, 7) is 2.15. The van der Waals surface area contributed by atoms with Crippen LogP contribution in [0.25, 0.3) is 22.3 Å². The quantitative estimate of drug-likeness (QED) is 0.466. The lowest BCUT2D eigenvalue weighted by Gasteiger charge is -2.37. The second-order valence-electron chi connectivity index (χ2n) is 8.00. The first-order chi connectivity index (χ1) is 16.6. The van der Waals surface area contributed by atoms with E-state index in [0.717, 1.165) is 23.4 Å². The minimum Gasteiger partial charge on any atom is -0.493 e. The van der Waals surface area contributed by atoms with Crippen molar-refractivity contribution in [3.63, 3.8) is 0 Å². The van der Waals surface area contributed by atoms with Gasteiger partial charge in [-0.25, -0.2) is 14.4 Å². The van der Waals surface area contributed by atoms with Gasteiger partial charge in [-0.3, -0.25) is 0 Å². The van der Waals surface area contributed by atoms with E-state index < -0.39 is 0 Å². The summed E-state index contributed by atoms with van der Waals surface area (Å²) in [5.41, 5.74) is 9.99. The largest absolute Gasteiger partial charge is 0.493 e. The van der Waals surface area contributed by atoms with Crippen molar-refractivity contribution < 1.29 is 13.9 Å². The molecule has 0 radical (unpaired) electrons. The van der Waals surface area contributed by atoms with Gasteiger partial charge in [0.05, 0.1) is 31.5 Å². The first kappa shape index (κ1) is 21.8. The van der Waals surface area contributed by atoms with Crippen molar-refractivity contribution in [3.8, 4) is 22.8 Å². The van der Waals surface area contributed by atoms with Crippen LogP contribution in [0.1, 0.15) is 11.6 Å². The lowest BCUT2D eigenvalue weighted by molar-refractivity contribution is 0.355. The Morgan fingerprint density at radius 1 is 0.971 bits per heavy atom. The molecule has 0 aliphatic carbocycles. The Balaban J connectivity index is 1.62. The van der Waals surface area contributed by atoms with Crippen LogP contribution in [0.4, 0.5) is 16.2 Å². The molecule has 3 N–H and O–H groups in total. The van der Waals surface area contributed by atoms with Gasteiger partial charge < -0.3 is 25.4 Å². The second kappa shape index (κ2) is 9.11. The SMILES string of the molecule is COc1ccc(-c2ccc3nc(N)nc(N4CCNCC4c4ccc(F)cc4)c3n2)cc1OC. The predicted molar refractivity (Wildman–Crippen MR) is 130 cm³/mol. The van der Waals surface area contributed by atoms with E-state index in [-0.39, 0.29) is 17.8 Å². The van der Waals surface area contributed by atoms with Crippen LogP contribution in [0.2, 0.25) is 0 Å². The second-order valence-corrected chi connectivity index (χ2v) is 8.00. The Morgan fingerprint density at radius 2 is 1.76 bits per heavy atom. The molecular formula is C25H25FN6O2. The molecule has 4 aromatic rings. The summed E-state index contributed by atoms with van der Waals surface area (Å²) >= 11 is 0. The zero-order valence-electron chi connectivity index (χ0n) is 19.0. The van der Waals surface area contributed by atoms with Gasteiger partial charge in [-0.05, 0) is 48.0 Å². The molecule has 0 saturated carbocycles. The van der Waals surface area contributed by atoms with Crippen molar-refractivity contribution in [2.45, 2.75) is 6.04 Å². The molecule has 0 amide bonds. The zero-order valence-corrected chi connectivity index (χ0v) is 19.0. The number of halogens is 1. The number of nitrogen functional groups attached to an aromatic ring is 1. The first-order valence-electron chi connectivity index (χ1n) is 11.0. The average Bonchev–Trinajstić information content (AvgIpc) is 2.88. The molecule has 5 rings (SSSR count). The number of hydrogen-bond donors (Lipinski definition) is 2. The van der Waals surface area contributed by atoms with E-state index in [4.69, 9.17) is 20.2 Å². The van der Waals surface area contributed by atoms with Crippen LogP contribution in [0.15, 0.2) is 54.6 Å². The zero-order chi connectivity index (χ0) is 23.7. The predicted octanol–water partition coefficient (Wildman–Crippen LogP) is 3.58. The number of rotatable bonds is 5. The Morgan fingerprint density at radius 3 is 2.53 bits per heavy atom. The van der Waals surface area contributed by atoms with Gasteiger partial charge in [0.2, 0.25) is 5.95 Å². The maximum absolute atomic E-state index is 13.5. The molecular weight excluding hydrogens is 435 g/mol. The van der Waals surface area contributed by atoms with Crippen LogP contribution < -0.4 is 25.4 Å².